The summed E-state index contributed by atoms with van der Waals surface area (Å²) in [6.45, 7) is 0. The molecule has 1 aliphatic carbocycles. The Balaban J connectivity index is 1.85. The summed E-state index contributed by atoms with van der Waals surface area (Å²) in [5, 5.41) is 12.6. The number of halogens is 1. The van der Waals surface area contributed by atoms with Crippen LogP contribution in [0.15, 0.2) is 53.0 Å². The molecule has 108 valence electrons. The SMILES string of the molecule is O=C(O)C(Nc1ccc(Br)cc1)c1cccc(C2CC2)c1. The first kappa shape index (κ1) is 14.1. The lowest BCUT2D eigenvalue weighted by Crippen LogP contribution is -2.20. The third-order valence-electron chi connectivity index (χ3n) is 3.69. The van der Waals surface area contributed by atoms with Crippen LogP contribution in [0.1, 0.15) is 35.9 Å². The van der Waals surface area contributed by atoms with E-state index in [-0.39, 0.29) is 0 Å². The third-order valence-corrected chi connectivity index (χ3v) is 4.22. The van der Waals surface area contributed by atoms with E-state index in [4.69, 9.17) is 0 Å². The van der Waals surface area contributed by atoms with Crippen LogP contribution < -0.4 is 5.32 Å². The molecule has 21 heavy (non-hydrogen) atoms. The number of anilines is 1. The van der Waals surface area contributed by atoms with Crippen LogP contribution in [0.25, 0.3) is 0 Å². The first-order valence-electron chi connectivity index (χ1n) is 6.98. The van der Waals surface area contributed by atoms with Gasteiger partial charge in [0.15, 0.2) is 6.04 Å². The molecule has 2 aromatic carbocycles. The summed E-state index contributed by atoms with van der Waals surface area (Å²) in [5.41, 5.74) is 2.84. The van der Waals surface area contributed by atoms with Crippen LogP contribution >= 0.6 is 15.9 Å². The maximum Gasteiger partial charge on any atom is 0.330 e. The van der Waals surface area contributed by atoms with E-state index in [0.717, 1.165) is 15.7 Å². The number of nitrogens with one attached hydrogen (secondary N) is 1. The molecule has 3 nitrogen and oxygen atoms in total. The number of benzene rings is 2. The van der Waals surface area contributed by atoms with Crippen LogP contribution in [0.3, 0.4) is 0 Å². The maximum absolute atomic E-state index is 11.6. The van der Waals surface area contributed by atoms with Gasteiger partial charge in [0, 0.05) is 10.2 Å². The van der Waals surface area contributed by atoms with Gasteiger partial charge < -0.3 is 10.4 Å². The highest BCUT2D eigenvalue weighted by Gasteiger charge is 2.26. The summed E-state index contributed by atoms with van der Waals surface area (Å²) in [6.07, 6.45) is 2.42. The van der Waals surface area contributed by atoms with Crippen LogP contribution in [-0.2, 0) is 4.79 Å². The third kappa shape index (κ3) is 3.45. The summed E-state index contributed by atoms with van der Waals surface area (Å²) in [7, 11) is 0. The predicted molar refractivity (Wildman–Crippen MR) is 86.6 cm³/mol. The Bertz CT molecular complexity index is 650. The highest BCUT2D eigenvalue weighted by atomic mass is 79.9. The van der Waals surface area contributed by atoms with Crippen LogP contribution in [0, 0.1) is 0 Å². The van der Waals surface area contributed by atoms with E-state index in [2.05, 4.69) is 27.3 Å². The lowest BCUT2D eigenvalue weighted by atomic mass is 10.0. The van der Waals surface area contributed by atoms with Crippen molar-refractivity contribution in [3.05, 3.63) is 64.1 Å². The van der Waals surface area contributed by atoms with Crippen molar-refractivity contribution in [1.82, 2.24) is 0 Å². The predicted octanol–water partition coefficient (Wildman–Crippen LogP) is 4.56. The lowest BCUT2D eigenvalue weighted by Gasteiger charge is -2.17. The molecular weight excluding hydrogens is 330 g/mol. The standard InChI is InChI=1S/C17H16BrNO2/c18-14-6-8-15(9-7-14)19-16(17(20)21)13-3-1-2-12(10-13)11-4-5-11/h1-3,6-11,16,19H,4-5H2,(H,20,21). The number of carbonyl (C=O) groups is 1. The first-order valence-corrected chi connectivity index (χ1v) is 7.77. The van der Waals surface area contributed by atoms with Gasteiger partial charge >= 0.3 is 5.97 Å². The number of hydrogen-bond acceptors (Lipinski definition) is 2. The zero-order valence-corrected chi connectivity index (χ0v) is 13.0. The van der Waals surface area contributed by atoms with Gasteiger partial charge in [-0.3, -0.25) is 0 Å². The Labute approximate surface area is 132 Å². The Morgan fingerprint density at radius 2 is 1.90 bits per heavy atom. The summed E-state index contributed by atoms with van der Waals surface area (Å²) >= 11 is 3.37. The van der Waals surface area contributed by atoms with Gasteiger partial charge in [-0.2, -0.15) is 0 Å². The van der Waals surface area contributed by atoms with Gasteiger partial charge in [-0.25, -0.2) is 4.79 Å². The quantitative estimate of drug-likeness (QED) is 0.834. The van der Waals surface area contributed by atoms with Gasteiger partial charge in [-0.1, -0.05) is 40.2 Å². The average Bonchev–Trinajstić information content (AvgIpc) is 3.31. The number of aliphatic carboxylic acids is 1. The molecule has 0 aromatic heterocycles. The second kappa shape index (κ2) is 5.90. The van der Waals surface area contributed by atoms with E-state index >= 15 is 0 Å². The second-order valence-corrected chi connectivity index (χ2v) is 6.28. The van der Waals surface area contributed by atoms with E-state index < -0.39 is 12.0 Å². The number of carboxylic acids is 1. The van der Waals surface area contributed by atoms with Crippen molar-refractivity contribution in [2.24, 2.45) is 0 Å². The van der Waals surface area contributed by atoms with Crippen molar-refractivity contribution in [2.75, 3.05) is 5.32 Å². The zero-order chi connectivity index (χ0) is 14.8. The van der Waals surface area contributed by atoms with Crippen LogP contribution in [0.5, 0.6) is 0 Å². The Morgan fingerprint density at radius 3 is 2.52 bits per heavy atom. The molecule has 0 aliphatic heterocycles. The fraction of sp³-hybridized carbons (Fsp3) is 0.235. The van der Waals surface area contributed by atoms with E-state index in [0.29, 0.717) is 5.92 Å². The van der Waals surface area contributed by atoms with Crippen molar-refractivity contribution in [3.8, 4) is 0 Å². The maximum atomic E-state index is 11.6. The summed E-state index contributed by atoms with van der Waals surface area (Å²) in [5.74, 6) is -0.252. The highest BCUT2D eigenvalue weighted by Crippen LogP contribution is 2.40. The minimum Gasteiger partial charge on any atom is -0.479 e. The summed E-state index contributed by atoms with van der Waals surface area (Å²) < 4.78 is 0.968. The normalized spacial score (nSPS) is 15.5. The van der Waals surface area contributed by atoms with Crippen LogP contribution in [-0.4, -0.2) is 11.1 Å². The highest BCUT2D eigenvalue weighted by molar-refractivity contribution is 9.10. The molecule has 1 saturated carbocycles. The second-order valence-electron chi connectivity index (χ2n) is 5.37. The molecule has 1 atom stereocenters. The molecule has 0 spiro atoms. The molecule has 0 amide bonds. The van der Waals surface area contributed by atoms with Crippen molar-refractivity contribution in [1.29, 1.82) is 0 Å². The van der Waals surface area contributed by atoms with E-state index in [1.165, 1.54) is 18.4 Å². The smallest absolute Gasteiger partial charge is 0.330 e. The molecule has 1 aliphatic rings. The Hall–Kier alpha value is -1.81. The molecule has 4 heteroatoms. The zero-order valence-electron chi connectivity index (χ0n) is 11.4. The van der Waals surface area contributed by atoms with Crippen LogP contribution in [0.4, 0.5) is 5.69 Å². The van der Waals surface area contributed by atoms with Gasteiger partial charge in [0.05, 0.1) is 0 Å². The Kier molecular flexibility index (Phi) is 3.97. The number of hydrogen-bond donors (Lipinski definition) is 2. The van der Waals surface area contributed by atoms with Crippen molar-refractivity contribution < 1.29 is 9.90 Å². The topological polar surface area (TPSA) is 49.3 Å². The molecular formula is C17H16BrNO2. The molecule has 2 N–H and O–H groups in total. The molecule has 0 radical (unpaired) electrons. The molecule has 0 saturated heterocycles. The van der Waals surface area contributed by atoms with Gasteiger partial charge in [-0.15, -0.1) is 0 Å². The summed E-state index contributed by atoms with van der Waals surface area (Å²) in [4.78, 5) is 11.6. The summed E-state index contributed by atoms with van der Waals surface area (Å²) in [6, 6.07) is 14.7. The first-order chi connectivity index (χ1) is 10.1. The van der Waals surface area contributed by atoms with Gasteiger partial charge in [0.25, 0.3) is 0 Å². The minimum atomic E-state index is -0.870. The molecule has 2 aromatic rings. The molecule has 1 fully saturated rings. The van der Waals surface area contributed by atoms with Crippen molar-refractivity contribution in [3.63, 3.8) is 0 Å². The number of rotatable bonds is 5. The fourth-order valence-electron chi connectivity index (χ4n) is 2.41. The number of carboxylic acid groups (broad SMARTS) is 1. The fourth-order valence-corrected chi connectivity index (χ4v) is 2.67. The van der Waals surface area contributed by atoms with Crippen LogP contribution in [0.2, 0.25) is 0 Å². The molecule has 0 bridgehead atoms. The average molecular weight is 346 g/mol. The molecule has 1 unspecified atom stereocenters. The largest absolute Gasteiger partial charge is 0.479 e. The Morgan fingerprint density at radius 1 is 1.19 bits per heavy atom. The molecule has 0 heterocycles. The van der Waals surface area contributed by atoms with E-state index in [1.807, 2.05) is 42.5 Å². The van der Waals surface area contributed by atoms with Crippen molar-refractivity contribution >= 4 is 27.6 Å². The monoisotopic (exact) mass is 345 g/mol. The van der Waals surface area contributed by atoms with E-state index in [1.54, 1.807) is 0 Å². The van der Waals surface area contributed by atoms with Gasteiger partial charge in [-0.05, 0) is 54.2 Å². The lowest BCUT2D eigenvalue weighted by molar-refractivity contribution is -0.138. The molecule has 3 rings (SSSR count). The van der Waals surface area contributed by atoms with Gasteiger partial charge in [0.1, 0.15) is 0 Å². The van der Waals surface area contributed by atoms with Gasteiger partial charge in [0.2, 0.25) is 0 Å². The van der Waals surface area contributed by atoms with Crippen molar-refractivity contribution in [2.45, 2.75) is 24.8 Å². The van der Waals surface area contributed by atoms with E-state index in [9.17, 15) is 9.90 Å². The minimum absolute atomic E-state index is 0.618.